The van der Waals surface area contributed by atoms with E-state index in [1.54, 1.807) is 12.1 Å². The third kappa shape index (κ3) is 2.89. The van der Waals surface area contributed by atoms with Gasteiger partial charge in [0.05, 0.1) is 11.7 Å². The van der Waals surface area contributed by atoms with E-state index in [1.807, 2.05) is 0 Å². The van der Waals surface area contributed by atoms with Crippen LogP contribution in [0.4, 0.5) is 4.39 Å². The summed E-state index contributed by atoms with van der Waals surface area (Å²) in [4.78, 5) is 0. The molecule has 0 bridgehead atoms. The maximum Gasteiger partial charge on any atom is 0.123 e. The minimum Gasteiger partial charge on any atom is -0.388 e. The van der Waals surface area contributed by atoms with Gasteiger partial charge in [-0.05, 0) is 49.3 Å². The Balaban J connectivity index is 1.71. The van der Waals surface area contributed by atoms with Crippen molar-refractivity contribution in [1.29, 1.82) is 0 Å². The molecule has 2 atom stereocenters. The number of hydrogen-bond donors (Lipinski definition) is 1. The van der Waals surface area contributed by atoms with E-state index in [-0.39, 0.29) is 17.3 Å². The number of hydrogen-bond acceptors (Lipinski definition) is 2. The summed E-state index contributed by atoms with van der Waals surface area (Å²) < 4.78 is 19.0. The molecule has 3 rings (SSSR count). The standard InChI is InChI=1S/C17H23FO2/c18-15-6-4-13(5-7-15)16(19)14-8-11-20-17(12-14)9-2-1-3-10-17/h4-7,14,16,19H,1-3,8-12H2. The Kier molecular flexibility index (Phi) is 4.08. The zero-order valence-corrected chi connectivity index (χ0v) is 11.9. The molecule has 1 saturated heterocycles. The van der Waals surface area contributed by atoms with Crippen LogP contribution in [0.5, 0.6) is 0 Å². The molecule has 1 aromatic rings. The van der Waals surface area contributed by atoms with Gasteiger partial charge < -0.3 is 9.84 Å². The molecule has 110 valence electrons. The number of benzene rings is 1. The zero-order valence-electron chi connectivity index (χ0n) is 11.9. The molecule has 1 N–H and O–H groups in total. The van der Waals surface area contributed by atoms with Crippen molar-refractivity contribution in [3.63, 3.8) is 0 Å². The van der Waals surface area contributed by atoms with E-state index in [2.05, 4.69) is 0 Å². The summed E-state index contributed by atoms with van der Waals surface area (Å²) in [5.41, 5.74) is 0.826. The van der Waals surface area contributed by atoms with Gasteiger partial charge in [-0.1, -0.05) is 31.4 Å². The summed E-state index contributed by atoms with van der Waals surface area (Å²) in [6.45, 7) is 0.739. The van der Waals surface area contributed by atoms with Crippen LogP contribution in [0.3, 0.4) is 0 Å². The second-order valence-corrected chi connectivity index (χ2v) is 6.34. The van der Waals surface area contributed by atoms with Crippen molar-refractivity contribution >= 4 is 0 Å². The van der Waals surface area contributed by atoms with E-state index in [0.717, 1.165) is 37.9 Å². The van der Waals surface area contributed by atoms with Gasteiger partial charge in [0.15, 0.2) is 0 Å². The highest BCUT2D eigenvalue weighted by molar-refractivity contribution is 5.19. The summed E-state index contributed by atoms with van der Waals surface area (Å²) in [5.74, 6) is -0.0241. The summed E-state index contributed by atoms with van der Waals surface area (Å²) >= 11 is 0. The molecular formula is C17H23FO2. The normalized spacial score (nSPS) is 27.4. The molecule has 2 aliphatic rings. The summed E-state index contributed by atoms with van der Waals surface area (Å²) in [6, 6.07) is 6.24. The predicted octanol–water partition coefficient (Wildman–Crippen LogP) is 3.99. The van der Waals surface area contributed by atoms with Gasteiger partial charge in [-0.3, -0.25) is 0 Å². The average Bonchev–Trinajstić information content (AvgIpc) is 2.48. The molecule has 20 heavy (non-hydrogen) atoms. The van der Waals surface area contributed by atoms with Crippen LogP contribution in [0.25, 0.3) is 0 Å². The molecule has 1 aliphatic carbocycles. The van der Waals surface area contributed by atoms with Crippen molar-refractivity contribution < 1.29 is 14.2 Å². The van der Waals surface area contributed by atoms with Crippen LogP contribution >= 0.6 is 0 Å². The van der Waals surface area contributed by atoms with Gasteiger partial charge in [0.25, 0.3) is 0 Å². The number of aliphatic hydroxyl groups excluding tert-OH is 1. The minimum atomic E-state index is -0.502. The summed E-state index contributed by atoms with van der Waals surface area (Å²) in [6.07, 6.45) is 7.35. The fraction of sp³-hybridized carbons (Fsp3) is 0.647. The van der Waals surface area contributed by atoms with Crippen LogP contribution in [0.2, 0.25) is 0 Å². The fourth-order valence-electron chi connectivity index (χ4n) is 3.81. The first-order valence-corrected chi connectivity index (χ1v) is 7.76. The molecule has 2 fully saturated rings. The molecule has 1 heterocycles. The lowest BCUT2D eigenvalue weighted by molar-refractivity contribution is -0.134. The van der Waals surface area contributed by atoms with Crippen LogP contribution in [-0.2, 0) is 4.74 Å². The fourth-order valence-corrected chi connectivity index (χ4v) is 3.81. The van der Waals surface area contributed by atoms with E-state index in [1.165, 1.54) is 31.4 Å². The monoisotopic (exact) mass is 278 g/mol. The average molecular weight is 278 g/mol. The van der Waals surface area contributed by atoms with E-state index < -0.39 is 6.10 Å². The van der Waals surface area contributed by atoms with Gasteiger partial charge in [-0.25, -0.2) is 4.39 Å². The van der Waals surface area contributed by atoms with Crippen molar-refractivity contribution in [2.45, 2.75) is 56.7 Å². The number of aliphatic hydroxyl groups is 1. The smallest absolute Gasteiger partial charge is 0.123 e. The maximum atomic E-state index is 13.0. The summed E-state index contributed by atoms with van der Waals surface area (Å²) in [7, 11) is 0. The van der Waals surface area contributed by atoms with Gasteiger partial charge in [0.1, 0.15) is 5.82 Å². The highest BCUT2D eigenvalue weighted by Gasteiger charge is 2.40. The third-order valence-corrected chi connectivity index (χ3v) is 4.95. The Labute approximate surface area is 120 Å². The Morgan fingerprint density at radius 1 is 1.15 bits per heavy atom. The molecule has 0 radical (unpaired) electrons. The van der Waals surface area contributed by atoms with Crippen LogP contribution in [0.1, 0.15) is 56.6 Å². The quantitative estimate of drug-likeness (QED) is 0.886. The lowest BCUT2D eigenvalue weighted by atomic mass is 9.74. The van der Waals surface area contributed by atoms with Crippen LogP contribution in [0, 0.1) is 11.7 Å². The topological polar surface area (TPSA) is 29.5 Å². The SMILES string of the molecule is OC(c1ccc(F)cc1)C1CCOC2(CCCCC2)C1. The van der Waals surface area contributed by atoms with Gasteiger partial charge in [0, 0.05) is 6.61 Å². The molecule has 2 nitrogen and oxygen atoms in total. The van der Waals surface area contributed by atoms with Gasteiger partial charge in [-0.15, -0.1) is 0 Å². The number of ether oxygens (including phenoxy) is 1. The van der Waals surface area contributed by atoms with Crippen LogP contribution < -0.4 is 0 Å². The highest BCUT2D eigenvalue weighted by Crippen LogP contribution is 2.44. The Bertz CT molecular complexity index is 431. The van der Waals surface area contributed by atoms with Crippen molar-refractivity contribution in [3.8, 4) is 0 Å². The minimum absolute atomic E-state index is 0.00216. The van der Waals surface area contributed by atoms with Crippen LogP contribution in [0.15, 0.2) is 24.3 Å². The lowest BCUT2D eigenvalue weighted by Crippen LogP contribution is -2.42. The largest absolute Gasteiger partial charge is 0.388 e. The van der Waals surface area contributed by atoms with Gasteiger partial charge in [0.2, 0.25) is 0 Å². The third-order valence-electron chi connectivity index (χ3n) is 4.95. The predicted molar refractivity (Wildman–Crippen MR) is 75.9 cm³/mol. The second kappa shape index (κ2) is 5.82. The maximum absolute atomic E-state index is 13.0. The molecule has 1 saturated carbocycles. The Hall–Kier alpha value is -0.930. The van der Waals surface area contributed by atoms with Crippen LogP contribution in [-0.4, -0.2) is 17.3 Å². The first-order valence-electron chi connectivity index (χ1n) is 7.76. The van der Waals surface area contributed by atoms with Gasteiger partial charge >= 0.3 is 0 Å². The second-order valence-electron chi connectivity index (χ2n) is 6.34. The lowest BCUT2D eigenvalue weighted by Gasteiger charge is -2.44. The summed E-state index contributed by atoms with van der Waals surface area (Å²) in [5, 5.41) is 10.6. The number of rotatable bonds is 2. The molecule has 1 aromatic carbocycles. The van der Waals surface area contributed by atoms with Crippen molar-refractivity contribution in [2.75, 3.05) is 6.61 Å². The van der Waals surface area contributed by atoms with E-state index in [9.17, 15) is 9.50 Å². The molecular weight excluding hydrogens is 255 g/mol. The molecule has 3 heteroatoms. The van der Waals surface area contributed by atoms with E-state index in [0.29, 0.717) is 0 Å². The molecule has 1 aliphatic heterocycles. The van der Waals surface area contributed by atoms with Crippen molar-refractivity contribution in [1.82, 2.24) is 0 Å². The van der Waals surface area contributed by atoms with Crippen molar-refractivity contribution in [3.05, 3.63) is 35.6 Å². The Morgan fingerprint density at radius 2 is 1.85 bits per heavy atom. The first-order chi connectivity index (χ1) is 9.69. The van der Waals surface area contributed by atoms with E-state index >= 15 is 0 Å². The molecule has 2 unspecified atom stereocenters. The first kappa shape index (κ1) is 14.0. The van der Waals surface area contributed by atoms with Crippen molar-refractivity contribution in [2.24, 2.45) is 5.92 Å². The Morgan fingerprint density at radius 3 is 2.55 bits per heavy atom. The molecule has 0 aromatic heterocycles. The zero-order chi connectivity index (χ0) is 14.0. The molecule has 0 amide bonds. The van der Waals surface area contributed by atoms with Gasteiger partial charge in [-0.2, -0.15) is 0 Å². The number of halogens is 1. The molecule has 1 spiro atoms. The van der Waals surface area contributed by atoms with E-state index in [4.69, 9.17) is 4.74 Å². The highest BCUT2D eigenvalue weighted by atomic mass is 19.1.